The molecule has 0 aliphatic heterocycles. The van der Waals surface area contributed by atoms with Gasteiger partial charge in [-0.05, 0) is 36.3 Å². The minimum absolute atomic E-state index is 0.0440. The van der Waals surface area contributed by atoms with Crippen LogP contribution in [-0.4, -0.2) is 25.9 Å². The first-order valence-electron chi connectivity index (χ1n) is 8.29. The van der Waals surface area contributed by atoms with E-state index in [4.69, 9.17) is 0 Å². The molecule has 0 saturated heterocycles. The molecule has 6 heteroatoms. The summed E-state index contributed by atoms with van der Waals surface area (Å²) in [5, 5.41) is 11.7. The molecule has 128 valence electrons. The molecular formula is C18H24N4OS. The van der Waals surface area contributed by atoms with Crippen molar-refractivity contribution < 1.29 is 4.79 Å². The zero-order valence-electron chi connectivity index (χ0n) is 14.6. The Morgan fingerprint density at radius 2 is 2.17 bits per heavy atom. The fourth-order valence-electron chi connectivity index (χ4n) is 3.24. The van der Waals surface area contributed by atoms with Gasteiger partial charge in [-0.1, -0.05) is 49.9 Å². The van der Waals surface area contributed by atoms with Crippen LogP contribution < -0.4 is 5.32 Å². The molecule has 0 fully saturated rings. The molecule has 0 unspecified atom stereocenters. The van der Waals surface area contributed by atoms with Gasteiger partial charge in [-0.2, -0.15) is 0 Å². The zero-order valence-corrected chi connectivity index (χ0v) is 15.4. The van der Waals surface area contributed by atoms with Crippen LogP contribution in [0.1, 0.15) is 50.8 Å². The summed E-state index contributed by atoms with van der Waals surface area (Å²) < 4.78 is 1.83. The largest absolute Gasteiger partial charge is 0.348 e. The Hall–Kier alpha value is -1.82. The standard InChI is InChI=1S/C18H24N4OS/c1-12(24-17-21-19-11-22(17)4)16(23)20-15-9-10-18(2,3)14-8-6-5-7-13(14)15/h5-8,11-12,15H,9-10H2,1-4H3,(H,20,23)/t12-,15-/m1/s1. The number of carbonyl (C=O) groups excluding carboxylic acids is 1. The van der Waals surface area contributed by atoms with E-state index in [9.17, 15) is 4.79 Å². The maximum atomic E-state index is 12.6. The number of nitrogens with zero attached hydrogens (tertiary/aromatic N) is 3. The van der Waals surface area contributed by atoms with Crippen LogP contribution in [0.15, 0.2) is 35.7 Å². The highest BCUT2D eigenvalue weighted by atomic mass is 32.2. The summed E-state index contributed by atoms with van der Waals surface area (Å²) in [6, 6.07) is 8.55. The first-order valence-corrected chi connectivity index (χ1v) is 9.17. The number of benzene rings is 1. The fourth-order valence-corrected chi connectivity index (χ4v) is 4.04. The van der Waals surface area contributed by atoms with Crippen LogP contribution in [0.2, 0.25) is 0 Å². The summed E-state index contributed by atoms with van der Waals surface area (Å²) in [6.07, 6.45) is 3.68. The van der Waals surface area contributed by atoms with E-state index in [0.717, 1.165) is 18.0 Å². The maximum absolute atomic E-state index is 12.6. The average molecular weight is 344 g/mol. The molecule has 2 aromatic rings. The number of thioether (sulfide) groups is 1. The van der Waals surface area contributed by atoms with Gasteiger partial charge in [-0.3, -0.25) is 4.79 Å². The molecule has 3 rings (SSSR count). The van der Waals surface area contributed by atoms with E-state index in [0.29, 0.717) is 0 Å². The molecule has 1 aromatic heterocycles. The predicted molar refractivity (Wildman–Crippen MR) is 95.9 cm³/mol. The summed E-state index contributed by atoms with van der Waals surface area (Å²) in [6.45, 7) is 6.46. The zero-order chi connectivity index (χ0) is 17.3. The molecule has 1 heterocycles. The molecule has 0 saturated carbocycles. The number of aromatic nitrogens is 3. The van der Waals surface area contributed by atoms with Gasteiger partial charge >= 0.3 is 0 Å². The molecule has 0 radical (unpaired) electrons. The SMILES string of the molecule is C[C@@H](Sc1nncn1C)C(=O)N[C@@H]1CCC(C)(C)c2ccccc21. The molecule has 1 amide bonds. The van der Waals surface area contributed by atoms with Crippen LogP contribution >= 0.6 is 11.8 Å². The highest BCUT2D eigenvalue weighted by molar-refractivity contribution is 8.00. The third-order valence-electron chi connectivity index (χ3n) is 4.76. The van der Waals surface area contributed by atoms with Crippen LogP contribution in [0, 0.1) is 0 Å². The molecule has 2 atom stereocenters. The van der Waals surface area contributed by atoms with E-state index in [-0.39, 0.29) is 22.6 Å². The predicted octanol–water partition coefficient (Wildman–Crippen LogP) is 3.22. The lowest BCUT2D eigenvalue weighted by Gasteiger charge is -2.37. The third kappa shape index (κ3) is 3.34. The van der Waals surface area contributed by atoms with E-state index < -0.39 is 0 Å². The molecule has 24 heavy (non-hydrogen) atoms. The van der Waals surface area contributed by atoms with Crippen LogP contribution in [0.4, 0.5) is 0 Å². The van der Waals surface area contributed by atoms with E-state index in [1.165, 1.54) is 22.9 Å². The van der Waals surface area contributed by atoms with Crippen LogP contribution in [-0.2, 0) is 17.3 Å². The summed E-state index contributed by atoms with van der Waals surface area (Å²) in [7, 11) is 1.88. The summed E-state index contributed by atoms with van der Waals surface area (Å²) in [5.74, 6) is 0.0440. The number of rotatable bonds is 4. The fraction of sp³-hybridized carbons (Fsp3) is 0.500. The van der Waals surface area contributed by atoms with Gasteiger partial charge in [-0.25, -0.2) is 0 Å². The minimum atomic E-state index is -0.213. The van der Waals surface area contributed by atoms with Crippen LogP contribution in [0.3, 0.4) is 0 Å². The van der Waals surface area contributed by atoms with Crippen molar-refractivity contribution in [1.82, 2.24) is 20.1 Å². The van der Waals surface area contributed by atoms with Crippen molar-refractivity contribution in [1.29, 1.82) is 0 Å². The highest BCUT2D eigenvalue weighted by Gasteiger charge is 2.33. The Labute approximate surface area is 147 Å². The first-order chi connectivity index (χ1) is 11.4. The van der Waals surface area contributed by atoms with Gasteiger partial charge in [-0.15, -0.1) is 10.2 Å². The normalized spacial score (nSPS) is 20.2. The lowest BCUT2D eigenvalue weighted by Crippen LogP contribution is -2.38. The number of nitrogens with one attached hydrogen (secondary N) is 1. The van der Waals surface area contributed by atoms with E-state index in [1.54, 1.807) is 6.33 Å². The second-order valence-electron chi connectivity index (χ2n) is 7.06. The third-order valence-corrected chi connectivity index (χ3v) is 5.91. The smallest absolute Gasteiger partial charge is 0.233 e. The number of fused-ring (bicyclic) bond motifs is 1. The van der Waals surface area contributed by atoms with Gasteiger partial charge in [0, 0.05) is 7.05 Å². The number of amides is 1. The molecule has 1 N–H and O–H groups in total. The summed E-state index contributed by atoms with van der Waals surface area (Å²) in [4.78, 5) is 12.6. The Morgan fingerprint density at radius 3 is 2.88 bits per heavy atom. The molecule has 0 spiro atoms. The van der Waals surface area contributed by atoms with E-state index >= 15 is 0 Å². The maximum Gasteiger partial charge on any atom is 0.233 e. The number of carbonyl (C=O) groups is 1. The van der Waals surface area contributed by atoms with Gasteiger partial charge in [0.25, 0.3) is 0 Å². The van der Waals surface area contributed by atoms with Crippen molar-refractivity contribution in [3.8, 4) is 0 Å². The van der Waals surface area contributed by atoms with Gasteiger partial charge in [0.15, 0.2) is 5.16 Å². The van der Waals surface area contributed by atoms with Gasteiger partial charge < -0.3 is 9.88 Å². The second kappa shape index (κ2) is 6.59. The lowest BCUT2D eigenvalue weighted by atomic mass is 9.71. The minimum Gasteiger partial charge on any atom is -0.348 e. The Kier molecular flexibility index (Phi) is 4.67. The Morgan fingerprint density at radius 1 is 1.42 bits per heavy atom. The number of hydrogen-bond donors (Lipinski definition) is 1. The van der Waals surface area contributed by atoms with Crippen molar-refractivity contribution in [3.05, 3.63) is 41.7 Å². The van der Waals surface area contributed by atoms with E-state index in [2.05, 4.69) is 53.6 Å². The van der Waals surface area contributed by atoms with Crippen molar-refractivity contribution in [2.45, 2.75) is 55.5 Å². The Bertz CT molecular complexity index is 740. The summed E-state index contributed by atoms with van der Waals surface area (Å²) >= 11 is 1.43. The molecule has 5 nitrogen and oxygen atoms in total. The van der Waals surface area contributed by atoms with Crippen molar-refractivity contribution in [3.63, 3.8) is 0 Å². The Balaban J connectivity index is 1.72. The van der Waals surface area contributed by atoms with Crippen molar-refractivity contribution in [2.24, 2.45) is 7.05 Å². The monoisotopic (exact) mass is 344 g/mol. The first kappa shape index (κ1) is 17.0. The summed E-state index contributed by atoms with van der Waals surface area (Å²) in [5.41, 5.74) is 2.75. The van der Waals surface area contributed by atoms with Crippen molar-refractivity contribution >= 4 is 17.7 Å². The topological polar surface area (TPSA) is 59.8 Å². The number of hydrogen-bond acceptors (Lipinski definition) is 4. The van der Waals surface area contributed by atoms with Crippen LogP contribution in [0.5, 0.6) is 0 Å². The number of aryl methyl sites for hydroxylation is 1. The molecule has 1 aliphatic rings. The van der Waals surface area contributed by atoms with E-state index in [1.807, 2.05) is 18.5 Å². The molecule has 1 aromatic carbocycles. The van der Waals surface area contributed by atoms with Crippen molar-refractivity contribution in [2.75, 3.05) is 0 Å². The molecular weight excluding hydrogens is 320 g/mol. The molecule has 1 aliphatic carbocycles. The van der Waals surface area contributed by atoms with Crippen LogP contribution in [0.25, 0.3) is 0 Å². The van der Waals surface area contributed by atoms with Gasteiger partial charge in [0.1, 0.15) is 6.33 Å². The average Bonchev–Trinajstić information content (AvgIpc) is 2.95. The lowest BCUT2D eigenvalue weighted by molar-refractivity contribution is -0.121. The van der Waals surface area contributed by atoms with Gasteiger partial charge in [0.2, 0.25) is 5.91 Å². The highest BCUT2D eigenvalue weighted by Crippen LogP contribution is 2.41. The quantitative estimate of drug-likeness (QED) is 0.865. The second-order valence-corrected chi connectivity index (χ2v) is 8.36. The van der Waals surface area contributed by atoms with Gasteiger partial charge in [0.05, 0.1) is 11.3 Å². The molecule has 0 bridgehead atoms.